The number of aliphatic imine (C=N–C) groups is 1. The fourth-order valence-electron chi connectivity index (χ4n) is 2.94. The van der Waals surface area contributed by atoms with Gasteiger partial charge in [0.05, 0.1) is 0 Å². The fourth-order valence-corrected chi connectivity index (χ4v) is 2.94. The van der Waals surface area contributed by atoms with Gasteiger partial charge in [0.15, 0.2) is 5.96 Å². The zero-order valence-corrected chi connectivity index (χ0v) is 17.8. The maximum atomic E-state index is 13.9. The molecule has 0 spiro atoms. The molecule has 0 amide bonds. The van der Waals surface area contributed by atoms with Crippen LogP contribution in [0.5, 0.6) is 0 Å². The van der Waals surface area contributed by atoms with Crippen LogP contribution < -0.4 is 15.5 Å². The molecule has 8 heteroatoms. The Labute approximate surface area is 171 Å². The van der Waals surface area contributed by atoms with Crippen LogP contribution in [0.2, 0.25) is 0 Å². The summed E-state index contributed by atoms with van der Waals surface area (Å²) in [5.74, 6) is -0.313. The number of nitrogens with zero attached hydrogens (tertiary/aromatic N) is 2. The van der Waals surface area contributed by atoms with Crippen molar-refractivity contribution >= 4 is 35.6 Å². The molecular weight excluding hydrogens is 453 g/mol. The predicted octanol–water partition coefficient (Wildman–Crippen LogP) is 3.14. The minimum Gasteiger partial charge on any atom is -0.382 e. The summed E-state index contributed by atoms with van der Waals surface area (Å²) in [6.07, 6.45) is 2.80. The Morgan fingerprint density at radius 2 is 2.04 bits per heavy atom. The number of para-hydroxylation sites is 1. The van der Waals surface area contributed by atoms with Gasteiger partial charge in [-0.2, -0.15) is 0 Å². The average molecular weight is 482 g/mol. The van der Waals surface area contributed by atoms with Crippen molar-refractivity contribution in [3.05, 3.63) is 29.8 Å². The third-order valence-electron chi connectivity index (χ3n) is 4.22. The van der Waals surface area contributed by atoms with Crippen LogP contribution >= 0.6 is 24.0 Å². The molecule has 2 N–H and O–H groups in total. The van der Waals surface area contributed by atoms with Gasteiger partial charge >= 0.3 is 0 Å². The lowest BCUT2D eigenvalue weighted by molar-refractivity contribution is 0.143. The molecule has 1 aromatic carbocycles. The third kappa shape index (κ3) is 6.86. The minimum atomic E-state index is -0.516. The van der Waals surface area contributed by atoms with Crippen molar-refractivity contribution in [1.29, 1.82) is 0 Å². The van der Waals surface area contributed by atoms with Crippen molar-refractivity contribution in [1.82, 2.24) is 10.6 Å². The number of hydrogen-bond donors (Lipinski definition) is 2. The molecule has 0 saturated carbocycles. The number of hydrogen-bond acceptors (Lipinski definition) is 3. The van der Waals surface area contributed by atoms with Gasteiger partial charge in [-0.3, -0.25) is 4.99 Å². The maximum absolute atomic E-state index is 13.9. The summed E-state index contributed by atoms with van der Waals surface area (Å²) >= 11 is 0. The van der Waals surface area contributed by atoms with E-state index < -0.39 is 11.6 Å². The molecule has 1 fully saturated rings. The van der Waals surface area contributed by atoms with E-state index in [1.54, 1.807) is 11.9 Å². The number of benzene rings is 1. The summed E-state index contributed by atoms with van der Waals surface area (Å²) in [5, 5.41) is 6.59. The molecule has 0 aliphatic carbocycles. The van der Waals surface area contributed by atoms with Crippen LogP contribution in [0, 0.1) is 11.6 Å². The largest absolute Gasteiger partial charge is 0.382 e. The highest BCUT2D eigenvalue weighted by atomic mass is 127. The van der Waals surface area contributed by atoms with Crippen LogP contribution in [0.4, 0.5) is 14.5 Å². The summed E-state index contributed by atoms with van der Waals surface area (Å²) in [6.45, 7) is 5.48. The van der Waals surface area contributed by atoms with Crippen LogP contribution in [0.1, 0.15) is 26.2 Å². The molecule has 1 atom stereocenters. The summed E-state index contributed by atoms with van der Waals surface area (Å²) in [7, 11) is 1.72. The zero-order chi connectivity index (χ0) is 18.1. The van der Waals surface area contributed by atoms with E-state index in [4.69, 9.17) is 4.74 Å². The van der Waals surface area contributed by atoms with E-state index in [0.717, 1.165) is 45.0 Å². The lowest BCUT2D eigenvalue weighted by Gasteiger charge is -2.21. The Morgan fingerprint density at radius 3 is 2.69 bits per heavy atom. The molecule has 148 valence electrons. The second-order valence-electron chi connectivity index (χ2n) is 6.05. The molecule has 2 rings (SSSR count). The normalized spacial score (nSPS) is 17.2. The SMILES string of the molecule is CCOCCCCNC(=NC)NC1CCN(c2c(F)cccc2F)C1.I. The first kappa shape index (κ1) is 22.9. The smallest absolute Gasteiger partial charge is 0.191 e. The molecule has 5 nitrogen and oxygen atoms in total. The van der Waals surface area contributed by atoms with E-state index in [2.05, 4.69) is 15.6 Å². The number of halogens is 3. The fraction of sp³-hybridized carbons (Fsp3) is 0.611. The molecule has 1 saturated heterocycles. The van der Waals surface area contributed by atoms with Crippen molar-refractivity contribution in [3.8, 4) is 0 Å². The molecule has 1 aliphatic rings. The summed E-state index contributed by atoms with van der Waals surface area (Å²) in [6, 6.07) is 4.08. The van der Waals surface area contributed by atoms with Gasteiger partial charge in [-0.1, -0.05) is 6.07 Å². The molecule has 1 aromatic rings. The van der Waals surface area contributed by atoms with Crippen molar-refractivity contribution in [3.63, 3.8) is 0 Å². The van der Waals surface area contributed by atoms with Gasteiger partial charge in [0, 0.05) is 45.9 Å². The molecule has 1 unspecified atom stereocenters. The molecule has 26 heavy (non-hydrogen) atoms. The Kier molecular flexibility index (Phi) is 10.8. The van der Waals surface area contributed by atoms with Crippen LogP contribution in [0.15, 0.2) is 23.2 Å². The van der Waals surface area contributed by atoms with Gasteiger partial charge in [-0.25, -0.2) is 8.78 Å². The van der Waals surface area contributed by atoms with Crippen molar-refractivity contribution in [2.45, 2.75) is 32.2 Å². The molecule has 1 heterocycles. The summed E-state index contributed by atoms with van der Waals surface area (Å²) < 4.78 is 33.1. The standard InChI is InChI=1S/C18H28F2N4O.HI/c1-3-25-12-5-4-10-22-18(21-2)23-14-9-11-24(13-14)17-15(19)7-6-8-16(17)20;/h6-8,14H,3-5,9-13H2,1-2H3,(H2,21,22,23);1H. The monoisotopic (exact) mass is 482 g/mol. The number of anilines is 1. The first-order chi connectivity index (χ1) is 12.2. The molecule has 0 bridgehead atoms. The van der Waals surface area contributed by atoms with Crippen LogP contribution in [0.3, 0.4) is 0 Å². The predicted molar refractivity (Wildman–Crippen MR) is 113 cm³/mol. The second-order valence-corrected chi connectivity index (χ2v) is 6.05. The Hall–Kier alpha value is -1.16. The van der Waals surface area contributed by atoms with E-state index in [-0.39, 0.29) is 35.7 Å². The summed E-state index contributed by atoms with van der Waals surface area (Å²) in [5.41, 5.74) is 0.0608. The number of ether oxygens (including phenoxy) is 1. The Bertz CT molecular complexity index is 554. The van der Waals surface area contributed by atoms with Crippen molar-refractivity contribution < 1.29 is 13.5 Å². The molecule has 0 radical (unpaired) electrons. The Balaban J connectivity index is 0.00000338. The van der Waals surface area contributed by atoms with Gasteiger partial charge in [0.1, 0.15) is 17.3 Å². The highest BCUT2D eigenvalue weighted by molar-refractivity contribution is 14.0. The zero-order valence-electron chi connectivity index (χ0n) is 15.4. The van der Waals surface area contributed by atoms with Crippen LogP contribution in [0.25, 0.3) is 0 Å². The minimum absolute atomic E-state index is 0. The highest BCUT2D eigenvalue weighted by Crippen LogP contribution is 2.26. The van der Waals surface area contributed by atoms with E-state index in [0.29, 0.717) is 13.1 Å². The van der Waals surface area contributed by atoms with E-state index in [1.807, 2.05) is 6.92 Å². The lowest BCUT2D eigenvalue weighted by atomic mass is 10.2. The van der Waals surface area contributed by atoms with E-state index >= 15 is 0 Å². The lowest BCUT2D eigenvalue weighted by Crippen LogP contribution is -2.45. The molecular formula is C18H29F2IN4O. The first-order valence-corrected chi connectivity index (χ1v) is 8.89. The molecule has 0 aromatic heterocycles. The topological polar surface area (TPSA) is 48.9 Å². The van der Waals surface area contributed by atoms with Gasteiger partial charge in [-0.15, -0.1) is 24.0 Å². The van der Waals surface area contributed by atoms with Crippen LogP contribution in [-0.4, -0.2) is 51.9 Å². The second kappa shape index (κ2) is 12.3. The van der Waals surface area contributed by atoms with Gasteiger partial charge in [0.25, 0.3) is 0 Å². The number of nitrogens with one attached hydrogen (secondary N) is 2. The van der Waals surface area contributed by atoms with E-state index in [9.17, 15) is 8.78 Å². The average Bonchev–Trinajstić information content (AvgIpc) is 3.05. The quantitative estimate of drug-likeness (QED) is 0.259. The van der Waals surface area contributed by atoms with E-state index in [1.165, 1.54) is 18.2 Å². The van der Waals surface area contributed by atoms with Crippen molar-refractivity contribution in [2.24, 2.45) is 4.99 Å². The highest BCUT2D eigenvalue weighted by Gasteiger charge is 2.27. The number of rotatable bonds is 8. The number of unbranched alkanes of at least 4 members (excludes halogenated alkanes) is 1. The molecule has 1 aliphatic heterocycles. The third-order valence-corrected chi connectivity index (χ3v) is 4.22. The maximum Gasteiger partial charge on any atom is 0.191 e. The van der Waals surface area contributed by atoms with Gasteiger partial charge in [-0.05, 0) is 38.3 Å². The first-order valence-electron chi connectivity index (χ1n) is 8.89. The van der Waals surface area contributed by atoms with Gasteiger partial charge < -0.3 is 20.3 Å². The van der Waals surface area contributed by atoms with Crippen molar-refractivity contribution in [2.75, 3.05) is 44.8 Å². The summed E-state index contributed by atoms with van der Waals surface area (Å²) in [4.78, 5) is 5.96. The van der Waals surface area contributed by atoms with Crippen LogP contribution in [-0.2, 0) is 4.74 Å². The van der Waals surface area contributed by atoms with Gasteiger partial charge in [0.2, 0.25) is 0 Å². The Morgan fingerprint density at radius 1 is 1.31 bits per heavy atom. The number of guanidine groups is 1.